The summed E-state index contributed by atoms with van der Waals surface area (Å²) in [6.07, 6.45) is 3.64. The third kappa shape index (κ3) is 5.23. The molecule has 0 atom stereocenters. The van der Waals surface area contributed by atoms with E-state index in [9.17, 15) is 19.7 Å². The van der Waals surface area contributed by atoms with Gasteiger partial charge in [-0.1, -0.05) is 12.1 Å². The lowest BCUT2D eigenvalue weighted by Gasteiger charge is -2.08. The fourth-order valence-electron chi connectivity index (χ4n) is 2.74. The van der Waals surface area contributed by atoms with Crippen molar-refractivity contribution in [3.05, 3.63) is 81.9 Å². The lowest BCUT2D eigenvalue weighted by molar-refractivity contribution is -0.387. The van der Waals surface area contributed by atoms with E-state index in [4.69, 9.17) is 5.73 Å². The summed E-state index contributed by atoms with van der Waals surface area (Å²) in [6, 6.07) is 11.4. The fourth-order valence-corrected chi connectivity index (χ4v) is 3.54. The minimum absolute atomic E-state index is 0.0211. The molecule has 0 spiro atoms. The van der Waals surface area contributed by atoms with E-state index in [-0.39, 0.29) is 27.8 Å². The van der Waals surface area contributed by atoms with Gasteiger partial charge in [-0.2, -0.15) is 0 Å². The number of anilines is 1. The van der Waals surface area contributed by atoms with Crippen LogP contribution in [-0.2, 0) is 11.3 Å². The van der Waals surface area contributed by atoms with Gasteiger partial charge in [0.1, 0.15) is 5.82 Å². The number of carbonyl (C=O) groups excluding carboxylic acids is 2. The topological polar surface area (TPSA) is 133 Å². The first-order valence-corrected chi connectivity index (χ1v) is 9.89. The number of carbonyl (C=O) groups is 2. The number of aryl methyl sites for hydroxylation is 1. The van der Waals surface area contributed by atoms with Gasteiger partial charge in [0.05, 0.1) is 15.6 Å². The highest BCUT2D eigenvalue weighted by Crippen LogP contribution is 2.30. The van der Waals surface area contributed by atoms with Gasteiger partial charge in [0, 0.05) is 36.3 Å². The quantitative estimate of drug-likeness (QED) is 0.324. The molecule has 0 fully saturated rings. The first-order chi connectivity index (χ1) is 14.3. The van der Waals surface area contributed by atoms with Crippen molar-refractivity contribution in [2.24, 2.45) is 5.73 Å². The molecule has 3 rings (SSSR count). The number of amides is 2. The molecule has 0 radical (unpaired) electrons. The molecule has 0 bridgehead atoms. The highest BCUT2D eigenvalue weighted by atomic mass is 32.2. The average molecular weight is 425 g/mol. The van der Waals surface area contributed by atoms with Gasteiger partial charge in [0.2, 0.25) is 11.8 Å². The number of imidazole rings is 1. The molecule has 3 aromatic rings. The van der Waals surface area contributed by atoms with Crippen molar-refractivity contribution in [1.29, 1.82) is 0 Å². The van der Waals surface area contributed by atoms with Crippen LogP contribution in [-0.4, -0.2) is 32.0 Å². The third-order valence-corrected chi connectivity index (χ3v) is 5.38. The molecule has 0 unspecified atom stereocenters. The van der Waals surface area contributed by atoms with Crippen LogP contribution in [0.1, 0.15) is 21.7 Å². The minimum Gasteiger partial charge on any atom is -0.366 e. The highest BCUT2D eigenvalue weighted by Gasteiger charge is 2.18. The van der Waals surface area contributed by atoms with Crippen molar-refractivity contribution in [2.75, 3.05) is 11.1 Å². The molecule has 9 nitrogen and oxygen atoms in total. The maximum atomic E-state index is 12.2. The Morgan fingerprint density at radius 2 is 1.97 bits per heavy atom. The lowest BCUT2D eigenvalue weighted by Crippen LogP contribution is -2.14. The molecule has 154 valence electrons. The van der Waals surface area contributed by atoms with E-state index in [1.54, 1.807) is 18.3 Å². The molecule has 0 aliphatic rings. The second kappa shape index (κ2) is 9.23. The van der Waals surface area contributed by atoms with E-state index in [1.165, 1.54) is 12.1 Å². The van der Waals surface area contributed by atoms with Crippen LogP contribution in [0.2, 0.25) is 0 Å². The Balaban J connectivity index is 1.59. The molecule has 2 amide bonds. The number of nitrogens with one attached hydrogen (secondary N) is 1. The zero-order valence-corrected chi connectivity index (χ0v) is 16.9. The summed E-state index contributed by atoms with van der Waals surface area (Å²) in [5, 5.41) is 14.0. The minimum atomic E-state index is -0.751. The normalized spacial score (nSPS) is 10.6. The maximum Gasteiger partial charge on any atom is 0.283 e. The molecule has 0 saturated heterocycles. The Hall–Kier alpha value is -3.66. The van der Waals surface area contributed by atoms with E-state index < -0.39 is 10.8 Å². The van der Waals surface area contributed by atoms with Crippen molar-refractivity contribution in [1.82, 2.24) is 9.55 Å². The Kier molecular flexibility index (Phi) is 6.48. The predicted molar refractivity (Wildman–Crippen MR) is 113 cm³/mol. The van der Waals surface area contributed by atoms with E-state index in [1.807, 2.05) is 29.8 Å². The van der Waals surface area contributed by atoms with Gasteiger partial charge < -0.3 is 15.6 Å². The molecular weight excluding hydrogens is 406 g/mol. The van der Waals surface area contributed by atoms with Crippen LogP contribution in [0.4, 0.5) is 11.4 Å². The van der Waals surface area contributed by atoms with Gasteiger partial charge in [-0.15, -0.1) is 11.8 Å². The van der Waals surface area contributed by atoms with Gasteiger partial charge in [0.15, 0.2) is 0 Å². The van der Waals surface area contributed by atoms with Gasteiger partial charge >= 0.3 is 0 Å². The number of nitrogens with zero attached hydrogens (tertiary/aromatic N) is 3. The van der Waals surface area contributed by atoms with E-state index in [0.29, 0.717) is 12.2 Å². The summed E-state index contributed by atoms with van der Waals surface area (Å²) in [6.45, 7) is 2.61. The molecule has 1 aromatic heterocycles. The van der Waals surface area contributed by atoms with Crippen LogP contribution in [0.5, 0.6) is 0 Å². The second-order valence-corrected chi connectivity index (χ2v) is 7.46. The Labute approximate surface area is 176 Å². The number of primary amides is 1. The largest absolute Gasteiger partial charge is 0.366 e. The van der Waals surface area contributed by atoms with Crippen LogP contribution in [0.25, 0.3) is 0 Å². The molecule has 30 heavy (non-hydrogen) atoms. The van der Waals surface area contributed by atoms with Gasteiger partial charge in [-0.05, 0) is 36.8 Å². The van der Waals surface area contributed by atoms with Gasteiger partial charge in [0.25, 0.3) is 5.69 Å². The van der Waals surface area contributed by atoms with Crippen LogP contribution in [0, 0.1) is 17.0 Å². The predicted octanol–water partition coefficient (Wildman–Crippen LogP) is 2.98. The van der Waals surface area contributed by atoms with E-state index in [2.05, 4.69) is 10.3 Å². The number of rotatable bonds is 8. The number of nitro groups is 1. The molecule has 10 heteroatoms. The monoisotopic (exact) mass is 425 g/mol. The van der Waals surface area contributed by atoms with Crippen LogP contribution >= 0.6 is 11.8 Å². The van der Waals surface area contributed by atoms with Crippen molar-refractivity contribution < 1.29 is 14.5 Å². The summed E-state index contributed by atoms with van der Waals surface area (Å²) in [5.74, 6) is -0.153. The molecule has 3 N–H and O–H groups in total. The first-order valence-electron chi connectivity index (χ1n) is 8.91. The molecular formula is C20H19N5O4S. The summed E-state index contributed by atoms with van der Waals surface area (Å²) < 4.78 is 2.01. The van der Waals surface area contributed by atoms with Crippen molar-refractivity contribution >= 4 is 35.0 Å². The molecule has 0 saturated carbocycles. The SMILES string of the molecule is Cc1nccn1Cc1ccc(NC(=O)CSc2ccc(C(N)=O)cc2[N+](=O)[O-])cc1. The Bertz CT molecular complexity index is 1090. The Morgan fingerprint density at radius 1 is 1.23 bits per heavy atom. The highest BCUT2D eigenvalue weighted by molar-refractivity contribution is 8.00. The number of thioether (sulfide) groups is 1. The standard InChI is InChI=1S/C20H19N5O4S/c1-13-22-8-9-24(13)11-14-2-5-16(6-3-14)23-19(26)12-30-18-7-4-15(20(21)27)10-17(18)25(28)29/h2-10H,11-12H2,1H3,(H2,21,27)(H,23,26). The first kappa shape index (κ1) is 21.1. The summed E-state index contributed by atoms with van der Waals surface area (Å²) in [7, 11) is 0. The lowest BCUT2D eigenvalue weighted by atomic mass is 10.2. The van der Waals surface area contributed by atoms with Crippen LogP contribution < -0.4 is 11.1 Å². The van der Waals surface area contributed by atoms with Crippen molar-refractivity contribution in [3.8, 4) is 0 Å². The number of aromatic nitrogens is 2. The Morgan fingerprint density at radius 3 is 2.57 bits per heavy atom. The fraction of sp³-hybridized carbons (Fsp3) is 0.150. The second-order valence-electron chi connectivity index (χ2n) is 6.44. The van der Waals surface area contributed by atoms with E-state index >= 15 is 0 Å². The number of hydrogen-bond acceptors (Lipinski definition) is 6. The van der Waals surface area contributed by atoms with Crippen molar-refractivity contribution in [3.63, 3.8) is 0 Å². The summed E-state index contributed by atoms with van der Waals surface area (Å²) in [4.78, 5) is 38.5. The smallest absolute Gasteiger partial charge is 0.283 e. The van der Waals surface area contributed by atoms with Crippen LogP contribution in [0.3, 0.4) is 0 Å². The summed E-state index contributed by atoms with van der Waals surface area (Å²) >= 11 is 1.01. The molecule has 1 heterocycles. The molecule has 0 aliphatic carbocycles. The average Bonchev–Trinajstić information content (AvgIpc) is 3.12. The number of benzene rings is 2. The zero-order valence-electron chi connectivity index (χ0n) is 16.1. The van der Waals surface area contributed by atoms with Crippen molar-refractivity contribution in [2.45, 2.75) is 18.4 Å². The third-order valence-electron chi connectivity index (χ3n) is 4.31. The maximum absolute atomic E-state index is 12.2. The van der Waals surface area contributed by atoms with E-state index in [0.717, 1.165) is 29.2 Å². The number of nitrogens with two attached hydrogens (primary N) is 1. The summed E-state index contributed by atoms with van der Waals surface area (Å²) in [5.41, 5.74) is 6.64. The molecule has 2 aromatic carbocycles. The van der Waals surface area contributed by atoms with Crippen LogP contribution in [0.15, 0.2) is 59.8 Å². The zero-order chi connectivity index (χ0) is 21.7. The number of hydrogen-bond donors (Lipinski definition) is 2. The van der Waals surface area contributed by atoms with Gasteiger partial charge in [-0.25, -0.2) is 4.98 Å². The van der Waals surface area contributed by atoms with Gasteiger partial charge in [-0.3, -0.25) is 19.7 Å². The number of nitro benzene ring substituents is 1. The molecule has 0 aliphatic heterocycles.